The van der Waals surface area contributed by atoms with Gasteiger partial charge in [-0.1, -0.05) is 12.1 Å². The van der Waals surface area contributed by atoms with Gasteiger partial charge < -0.3 is 24.5 Å². The van der Waals surface area contributed by atoms with Gasteiger partial charge in [0.25, 0.3) is 5.91 Å². The third-order valence-electron chi connectivity index (χ3n) is 5.24. The number of carbonyl (C=O) groups excluding carboxylic acids is 1. The molecule has 0 bridgehead atoms. The zero-order chi connectivity index (χ0) is 22.8. The van der Waals surface area contributed by atoms with Gasteiger partial charge in [0.2, 0.25) is 5.88 Å². The Kier molecular flexibility index (Phi) is 5.24. The molecule has 5 aromatic rings. The van der Waals surface area contributed by atoms with Crippen LogP contribution in [0.5, 0.6) is 23.1 Å². The number of aromatic amines is 1. The fourth-order valence-electron chi connectivity index (χ4n) is 3.64. The lowest BCUT2D eigenvalue weighted by atomic mass is 10.0. The maximum absolute atomic E-state index is 13.1. The summed E-state index contributed by atoms with van der Waals surface area (Å²) < 4.78 is 16.6. The van der Waals surface area contributed by atoms with Crippen molar-refractivity contribution in [2.24, 2.45) is 0 Å². The number of benzene rings is 3. The van der Waals surface area contributed by atoms with Gasteiger partial charge in [-0.2, -0.15) is 0 Å². The third kappa shape index (κ3) is 4.01. The zero-order valence-electron chi connectivity index (χ0n) is 18.0. The fraction of sp³-hybridized carbons (Fsp3) is 0.0800. The van der Waals surface area contributed by atoms with Crippen LogP contribution in [0.15, 0.2) is 73.2 Å². The maximum Gasteiger partial charge on any atom is 0.256 e. The van der Waals surface area contributed by atoms with E-state index >= 15 is 0 Å². The standard InChI is InChI=1S/C25H20N4O4/c1-31-18-11-16(12-19(13-18)32-2)29-24(30)21-5-3-4-15-10-17(6-7-20(15)21)33-25-22-8-9-26-23(22)27-14-28-25/h3-14H,1-2H3,(H,29,30)(H,26,27,28). The predicted molar refractivity (Wildman–Crippen MR) is 125 cm³/mol. The monoisotopic (exact) mass is 440 g/mol. The number of nitrogens with zero attached hydrogens (tertiary/aromatic N) is 2. The SMILES string of the molecule is COc1cc(NC(=O)c2cccc3cc(Oc4ncnc5[nH]ccc45)ccc23)cc(OC)c1. The van der Waals surface area contributed by atoms with Gasteiger partial charge in [0.05, 0.1) is 19.6 Å². The molecular formula is C25H20N4O4. The molecule has 2 N–H and O–H groups in total. The largest absolute Gasteiger partial charge is 0.497 e. The molecule has 164 valence electrons. The van der Waals surface area contributed by atoms with Gasteiger partial charge in [-0.15, -0.1) is 0 Å². The van der Waals surface area contributed by atoms with Crippen molar-refractivity contribution in [2.45, 2.75) is 0 Å². The molecule has 0 fully saturated rings. The first-order valence-electron chi connectivity index (χ1n) is 10.2. The van der Waals surface area contributed by atoms with Crippen LogP contribution in [0.1, 0.15) is 10.4 Å². The second kappa shape index (κ2) is 8.51. The third-order valence-corrected chi connectivity index (χ3v) is 5.24. The van der Waals surface area contributed by atoms with Crippen molar-refractivity contribution in [3.05, 3.63) is 78.8 Å². The normalized spacial score (nSPS) is 10.8. The number of hydrogen-bond donors (Lipinski definition) is 2. The number of nitrogens with one attached hydrogen (secondary N) is 2. The Morgan fingerprint density at radius 1 is 0.879 bits per heavy atom. The van der Waals surface area contributed by atoms with Crippen LogP contribution in [-0.2, 0) is 0 Å². The first-order valence-corrected chi connectivity index (χ1v) is 10.2. The van der Waals surface area contributed by atoms with Crippen molar-refractivity contribution in [1.29, 1.82) is 0 Å². The molecule has 2 heterocycles. The highest BCUT2D eigenvalue weighted by molar-refractivity contribution is 6.13. The van der Waals surface area contributed by atoms with Crippen LogP contribution in [0.2, 0.25) is 0 Å². The molecule has 0 saturated carbocycles. The molecular weight excluding hydrogens is 420 g/mol. The number of H-pyrrole nitrogens is 1. The summed E-state index contributed by atoms with van der Waals surface area (Å²) in [4.78, 5) is 24.5. The second-order valence-corrected chi connectivity index (χ2v) is 7.26. The number of rotatable bonds is 6. The Morgan fingerprint density at radius 3 is 2.48 bits per heavy atom. The van der Waals surface area contributed by atoms with Crippen molar-refractivity contribution < 1.29 is 19.0 Å². The van der Waals surface area contributed by atoms with E-state index in [-0.39, 0.29) is 5.91 Å². The lowest BCUT2D eigenvalue weighted by molar-refractivity contribution is 0.102. The molecule has 33 heavy (non-hydrogen) atoms. The summed E-state index contributed by atoms with van der Waals surface area (Å²) in [5.41, 5.74) is 1.82. The minimum absolute atomic E-state index is 0.241. The quantitative estimate of drug-likeness (QED) is 0.378. The molecule has 3 aromatic carbocycles. The van der Waals surface area contributed by atoms with Crippen LogP contribution in [-0.4, -0.2) is 35.1 Å². The molecule has 0 aliphatic rings. The molecule has 1 amide bonds. The topological polar surface area (TPSA) is 98.4 Å². The van der Waals surface area contributed by atoms with Gasteiger partial charge in [-0.25, -0.2) is 9.97 Å². The molecule has 0 aliphatic carbocycles. The number of fused-ring (bicyclic) bond motifs is 2. The highest BCUT2D eigenvalue weighted by atomic mass is 16.5. The predicted octanol–water partition coefficient (Wildman–Crippen LogP) is 5.17. The molecule has 0 atom stereocenters. The van der Waals surface area contributed by atoms with E-state index in [9.17, 15) is 4.79 Å². The van der Waals surface area contributed by atoms with E-state index in [0.717, 1.165) is 16.2 Å². The van der Waals surface area contributed by atoms with Crippen molar-refractivity contribution in [3.8, 4) is 23.1 Å². The van der Waals surface area contributed by atoms with Crippen LogP contribution in [0.4, 0.5) is 5.69 Å². The Morgan fingerprint density at radius 2 is 1.70 bits per heavy atom. The number of aromatic nitrogens is 3. The zero-order valence-corrected chi connectivity index (χ0v) is 18.0. The molecule has 0 radical (unpaired) electrons. The number of hydrogen-bond acceptors (Lipinski definition) is 6. The van der Waals surface area contributed by atoms with Crippen LogP contribution < -0.4 is 19.5 Å². The summed E-state index contributed by atoms with van der Waals surface area (Å²) in [7, 11) is 3.13. The lowest BCUT2D eigenvalue weighted by Gasteiger charge is -2.12. The summed E-state index contributed by atoms with van der Waals surface area (Å²) in [6.45, 7) is 0. The lowest BCUT2D eigenvalue weighted by Crippen LogP contribution is -2.12. The molecule has 0 aliphatic heterocycles. The Bertz CT molecular complexity index is 1460. The maximum atomic E-state index is 13.1. The number of methoxy groups -OCH3 is 2. The number of anilines is 1. The number of carbonyl (C=O) groups is 1. The summed E-state index contributed by atoms with van der Waals surface area (Å²) in [5, 5.41) is 5.37. The van der Waals surface area contributed by atoms with E-state index in [4.69, 9.17) is 14.2 Å². The van der Waals surface area contributed by atoms with Crippen LogP contribution >= 0.6 is 0 Å². The van der Waals surface area contributed by atoms with Crippen LogP contribution in [0, 0.1) is 0 Å². The van der Waals surface area contributed by atoms with Crippen LogP contribution in [0.3, 0.4) is 0 Å². The van der Waals surface area contributed by atoms with Gasteiger partial charge in [0.1, 0.15) is 29.2 Å². The Hall–Kier alpha value is -4.59. The van der Waals surface area contributed by atoms with Gasteiger partial charge in [-0.05, 0) is 41.1 Å². The number of ether oxygens (including phenoxy) is 3. The van der Waals surface area contributed by atoms with Crippen molar-refractivity contribution >= 4 is 33.4 Å². The summed E-state index contributed by atoms with van der Waals surface area (Å²) in [6, 6.07) is 18.2. The minimum atomic E-state index is -0.241. The van der Waals surface area contributed by atoms with E-state index in [1.54, 1.807) is 44.7 Å². The summed E-state index contributed by atoms with van der Waals surface area (Å²) in [6.07, 6.45) is 3.24. The summed E-state index contributed by atoms with van der Waals surface area (Å²) >= 11 is 0. The highest BCUT2D eigenvalue weighted by Gasteiger charge is 2.13. The first-order chi connectivity index (χ1) is 16.1. The smallest absolute Gasteiger partial charge is 0.256 e. The van der Waals surface area contributed by atoms with Crippen molar-refractivity contribution in [2.75, 3.05) is 19.5 Å². The molecule has 2 aromatic heterocycles. The van der Waals surface area contributed by atoms with Crippen LogP contribution in [0.25, 0.3) is 21.8 Å². The van der Waals surface area contributed by atoms with E-state index < -0.39 is 0 Å². The second-order valence-electron chi connectivity index (χ2n) is 7.26. The van der Waals surface area contributed by atoms with Gasteiger partial charge in [0.15, 0.2) is 0 Å². The minimum Gasteiger partial charge on any atom is -0.497 e. The van der Waals surface area contributed by atoms with Gasteiger partial charge in [-0.3, -0.25) is 4.79 Å². The molecule has 5 rings (SSSR count). The van der Waals surface area contributed by atoms with E-state index in [0.29, 0.717) is 40.0 Å². The van der Waals surface area contributed by atoms with Crippen molar-refractivity contribution in [3.63, 3.8) is 0 Å². The molecule has 0 saturated heterocycles. The summed E-state index contributed by atoms with van der Waals surface area (Å²) in [5.74, 6) is 2.01. The van der Waals surface area contributed by atoms with E-state index in [1.807, 2.05) is 36.4 Å². The van der Waals surface area contributed by atoms with Crippen molar-refractivity contribution in [1.82, 2.24) is 15.0 Å². The average molecular weight is 440 g/mol. The van der Waals surface area contributed by atoms with E-state index in [1.165, 1.54) is 6.33 Å². The molecule has 8 nitrogen and oxygen atoms in total. The average Bonchev–Trinajstić information content (AvgIpc) is 3.33. The molecule has 8 heteroatoms. The Balaban J connectivity index is 1.44. The first kappa shape index (κ1) is 20.3. The van der Waals surface area contributed by atoms with Gasteiger partial charge in [0, 0.05) is 35.6 Å². The van der Waals surface area contributed by atoms with Gasteiger partial charge >= 0.3 is 0 Å². The highest BCUT2D eigenvalue weighted by Crippen LogP contribution is 2.31. The number of amides is 1. The fourth-order valence-corrected chi connectivity index (χ4v) is 3.64. The van der Waals surface area contributed by atoms with E-state index in [2.05, 4.69) is 20.3 Å². The molecule has 0 unspecified atom stereocenters. The Labute approximate surface area is 189 Å². The molecule has 0 spiro atoms.